The van der Waals surface area contributed by atoms with Crippen molar-refractivity contribution in [2.24, 2.45) is 0 Å². The van der Waals surface area contributed by atoms with Gasteiger partial charge in [0.15, 0.2) is 11.4 Å². The highest BCUT2D eigenvalue weighted by Gasteiger charge is 2.14. The van der Waals surface area contributed by atoms with Crippen molar-refractivity contribution in [3.05, 3.63) is 23.5 Å². The summed E-state index contributed by atoms with van der Waals surface area (Å²) in [6.45, 7) is 7.55. The van der Waals surface area contributed by atoms with Gasteiger partial charge >= 0.3 is 11.9 Å². The van der Waals surface area contributed by atoms with Crippen LogP contribution in [-0.2, 0) is 9.53 Å². The molecule has 0 aliphatic carbocycles. The molecule has 20 heavy (non-hydrogen) atoms. The second-order valence-corrected chi connectivity index (χ2v) is 9.91. The number of esters is 2. The van der Waals surface area contributed by atoms with Gasteiger partial charge in [0.05, 0.1) is 12.7 Å². The van der Waals surface area contributed by atoms with Gasteiger partial charge in [0.1, 0.15) is 8.07 Å². The minimum atomic E-state index is -1.58. The number of ether oxygens (including phenoxy) is 2. The van der Waals surface area contributed by atoms with Gasteiger partial charge in [-0.3, -0.25) is 4.79 Å². The van der Waals surface area contributed by atoms with Crippen LogP contribution in [0.4, 0.5) is 0 Å². The van der Waals surface area contributed by atoms with Crippen molar-refractivity contribution >= 4 is 20.0 Å². The Morgan fingerprint density at radius 1 is 1.30 bits per heavy atom. The van der Waals surface area contributed by atoms with Crippen LogP contribution in [0.15, 0.2) is 12.3 Å². The highest BCUT2D eigenvalue weighted by Crippen LogP contribution is 2.18. The maximum Gasteiger partial charge on any atom is 0.339 e. The van der Waals surface area contributed by atoms with E-state index in [4.69, 9.17) is 4.74 Å². The lowest BCUT2D eigenvalue weighted by atomic mass is 10.2. The van der Waals surface area contributed by atoms with Gasteiger partial charge in [-0.25, -0.2) is 9.78 Å². The van der Waals surface area contributed by atoms with E-state index in [1.807, 2.05) is 0 Å². The Bertz CT molecular complexity index is 593. The first-order chi connectivity index (χ1) is 9.23. The molecule has 0 saturated heterocycles. The summed E-state index contributed by atoms with van der Waals surface area (Å²) < 4.78 is 9.65. The van der Waals surface area contributed by atoms with Crippen molar-refractivity contribution < 1.29 is 19.1 Å². The largest absolute Gasteiger partial charge is 0.465 e. The third kappa shape index (κ3) is 4.86. The van der Waals surface area contributed by atoms with Gasteiger partial charge in [-0.05, 0) is 6.07 Å². The van der Waals surface area contributed by atoms with Gasteiger partial charge < -0.3 is 9.47 Å². The molecule has 106 valence electrons. The van der Waals surface area contributed by atoms with E-state index in [1.165, 1.54) is 26.3 Å². The van der Waals surface area contributed by atoms with Crippen LogP contribution in [0.1, 0.15) is 23.0 Å². The van der Waals surface area contributed by atoms with Crippen LogP contribution < -0.4 is 4.74 Å². The van der Waals surface area contributed by atoms with E-state index in [1.54, 1.807) is 0 Å². The topological polar surface area (TPSA) is 65.5 Å². The van der Waals surface area contributed by atoms with E-state index in [0.29, 0.717) is 5.69 Å². The molecule has 0 aromatic carbocycles. The minimum absolute atomic E-state index is 0.172. The average molecular weight is 291 g/mol. The van der Waals surface area contributed by atoms with E-state index < -0.39 is 20.0 Å². The molecule has 1 aromatic rings. The van der Waals surface area contributed by atoms with Crippen LogP contribution >= 0.6 is 0 Å². The SMILES string of the molecule is COC(=O)c1cnc(C#C[Si](C)(C)C)c(OC(C)=O)c1. The van der Waals surface area contributed by atoms with E-state index in [0.717, 1.165) is 0 Å². The van der Waals surface area contributed by atoms with Crippen LogP contribution in [0.25, 0.3) is 0 Å². The van der Waals surface area contributed by atoms with Crippen molar-refractivity contribution in [1.82, 2.24) is 4.98 Å². The molecule has 0 amide bonds. The lowest BCUT2D eigenvalue weighted by molar-refractivity contribution is -0.131. The van der Waals surface area contributed by atoms with Crippen molar-refractivity contribution in [2.45, 2.75) is 26.6 Å². The Morgan fingerprint density at radius 3 is 2.45 bits per heavy atom. The highest BCUT2D eigenvalue weighted by molar-refractivity contribution is 6.83. The summed E-state index contributed by atoms with van der Waals surface area (Å²) in [5, 5.41) is 0. The van der Waals surface area contributed by atoms with Crippen molar-refractivity contribution in [3.8, 4) is 17.2 Å². The van der Waals surface area contributed by atoms with Crippen LogP contribution in [0.3, 0.4) is 0 Å². The second-order valence-electron chi connectivity index (χ2n) is 5.16. The molecule has 0 bridgehead atoms. The smallest absolute Gasteiger partial charge is 0.339 e. The lowest BCUT2D eigenvalue weighted by Crippen LogP contribution is -2.16. The summed E-state index contributed by atoms with van der Waals surface area (Å²) in [6.07, 6.45) is 1.35. The third-order valence-corrected chi connectivity index (χ3v) is 2.96. The maximum absolute atomic E-state index is 11.4. The summed E-state index contributed by atoms with van der Waals surface area (Å²) in [5.74, 6) is 2.05. The van der Waals surface area contributed by atoms with Crippen LogP contribution in [0, 0.1) is 11.5 Å². The maximum atomic E-state index is 11.4. The quantitative estimate of drug-likeness (QED) is 0.474. The van der Waals surface area contributed by atoms with Gasteiger partial charge in [-0.2, -0.15) is 0 Å². The lowest BCUT2D eigenvalue weighted by Gasteiger charge is -2.07. The monoisotopic (exact) mass is 291 g/mol. The number of rotatable bonds is 2. The fourth-order valence-corrected chi connectivity index (χ4v) is 1.74. The molecule has 0 spiro atoms. The van der Waals surface area contributed by atoms with Crippen LogP contribution in [0.5, 0.6) is 5.75 Å². The highest BCUT2D eigenvalue weighted by atomic mass is 28.3. The molecule has 0 saturated carbocycles. The molecule has 0 aliphatic rings. The Hall–Kier alpha value is -2.13. The number of hydrogen-bond donors (Lipinski definition) is 0. The van der Waals surface area contributed by atoms with E-state index in [2.05, 4.69) is 40.8 Å². The molecular weight excluding hydrogens is 274 g/mol. The zero-order valence-corrected chi connectivity index (χ0v) is 13.2. The van der Waals surface area contributed by atoms with Crippen LogP contribution in [-0.4, -0.2) is 32.1 Å². The minimum Gasteiger partial charge on any atom is -0.465 e. The number of carbonyl (C=O) groups is 2. The summed E-state index contributed by atoms with van der Waals surface area (Å²) in [7, 11) is -0.308. The summed E-state index contributed by atoms with van der Waals surface area (Å²) in [4.78, 5) is 26.6. The molecule has 0 aliphatic heterocycles. The molecule has 0 radical (unpaired) electrons. The van der Waals surface area contributed by atoms with Gasteiger partial charge in [-0.1, -0.05) is 25.6 Å². The number of carbonyl (C=O) groups excluding carboxylic acids is 2. The van der Waals surface area contributed by atoms with Gasteiger partial charge in [0.2, 0.25) is 0 Å². The molecule has 1 heterocycles. The predicted molar refractivity (Wildman–Crippen MR) is 77.1 cm³/mol. The summed E-state index contributed by atoms with van der Waals surface area (Å²) >= 11 is 0. The first-order valence-electron chi connectivity index (χ1n) is 6.03. The van der Waals surface area contributed by atoms with Crippen molar-refractivity contribution in [2.75, 3.05) is 7.11 Å². The zero-order chi connectivity index (χ0) is 15.3. The molecular formula is C14H17NO4Si. The average Bonchev–Trinajstić information content (AvgIpc) is 2.34. The molecule has 1 rings (SSSR count). The fourth-order valence-electron chi connectivity index (χ4n) is 1.25. The summed E-state index contributed by atoms with van der Waals surface area (Å²) in [5.41, 5.74) is 3.69. The predicted octanol–water partition coefficient (Wildman–Crippen LogP) is 2.02. The Kier molecular flexibility index (Phi) is 5.05. The first kappa shape index (κ1) is 15.9. The van der Waals surface area contributed by atoms with Crippen molar-refractivity contribution in [3.63, 3.8) is 0 Å². The normalized spacial score (nSPS) is 10.2. The first-order valence-corrected chi connectivity index (χ1v) is 9.53. The number of aromatic nitrogens is 1. The number of methoxy groups -OCH3 is 1. The van der Waals surface area contributed by atoms with Crippen molar-refractivity contribution in [1.29, 1.82) is 0 Å². The molecule has 5 nitrogen and oxygen atoms in total. The standard InChI is InChI=1S/C14H17NO4Si/c1-10(16)19-13-8-11(14(17)18-2)9-15-12(13)6-7-20(3,4)5/h8-9H,1-5H3. The Balaban J connectivity index is 3.25. The molecule has 1 aromatic heterocycles. The van der Waals surface area contributed by atoms with Gasteiger partial charge in [0, 0.05) is 13.1 Å². The molecule has 6 heteroatoms. The van der Waals surface area contributed by atoms with Crippen LogP contribution in [0.2, 0.25) is 19.6 Å². The van der Waals surface area contributed by atoms with Gasteiger partial charge in [-0.15, -0.1) is 5.54 Å². The van der Waals surface area contributed by atoms with E-state index in [-0.39, 0.29) is 11.3 Å². The Labute approximate surface area is 119 Å². The number of pyridine rings is 1. The summed E-state index contributed by atoms with van der Waals surface area (Å²) in [6, 6.07) is 1.41. The second kappa shape index (κ2) is 6.35. The fraction of sp³-hybridized carbons (Fsp3) is 0.357. The molecule has 0 unspecified atom stereocenters. The zero-order valence-electron chi connectivity index (χ0n) is 12.2. The third-order valence-electron chi connectivity index (χ3n) is 2.08. The molecule has 0 N–H and O–H groups in total. The van der Waals surface area contributed by atoms with E-state index in [9.17, 15) is 9.59 Å². The van der Waals surface area contributed by atoms with E-state index >= 15 is 0 Å². The Morgan fingerprint density at radius 2 is 1.95 bits per heavy atom. The molecule has 0 atom stereocenters. The molecule has 0 fully saturated rings. The number of nitrogens with zero attached hydrogens (tertiary/aromatic N) is 1. The number of hydrogen-bond acceptors (Lipinski definition) is 5. The van der Waals surface area contributed by atoms with Gasteiger partial charge in [0.25, 0.3) is 0 Å².